The molecule has 2 saturated heterocycles. The Morgan fingerprint density at radius 2 is 2.04 bits per heavy atom. The largest absolute Gasteiger partial charge is 0.455 e. The monoisotopic (exact) mass is 390 g/mol. The molecule has 0 saturated carbocycles. The van der Waals surface area contributed by atoms with Crippen molar-refractivity contribution in [2.75, 3.05) is 0 Å². The van der Waals surface area contributed by atoms with Crippen LogP contribution in [0.15, 0.2) is 24.3 Å². The minimum absolute atomic E-state index is 0.0677. The first-order chi connectivity index (χ1) is 13.0. The van der Waals surface area contributed by atoms with Gasteiger partial charge in [0.1, 0.15) is 5.60 Å². The zero-order chi connectivity index (χ0) is 20.7. The Kier molecular flexibility index (Phi) is 5.54. The Labute approximate surface area is 166 Å². The first-order valence-electron chi connectivity index (χ1n) is 10.0. The van der Waals surface area contributed by atoms with Gasteiger partial charge in [-0.15, -0.1) is 0 Å². The summed E-state index contributed by atoms with van der Waals surface area (Å²) in [6.45, 7) is 11.0. The molecule has 0 radical (unpaired) electrons. The number of epoxide rings is 1. The molecule has 6 heteroatoms. The fourth-order valence-corrected chi connectivity index (χ4v) is 4.35. The van der Waals surface area contributed by atoms with Crippen molar-refractivity contribution in [2.45, 2.75) is 83.2 Å². The zero-order valence-electron chi connectivity index (χ0n) is 17.2. The quantitative estimate of drug-likeness (QED) is 0.296. The molecule has 0 spiro atoms. The molecule has 1 unspecified atom stereocenters. The van der Waals surface area contributed by atoms with Gasteiger partial charge in [0.05, 0.1) is 11.7 Å². The highest BCUT2D eigenvalue weighted by atomic mass is 16.6. The van der Waals surface area contributed by atoms with Crippen molar-refractivity contribution >= 4 is 17.7 Å². The summed E-state index contributed by atoms with van der Waals surface area (Å²) < 4.78 is 16.8. The Hall–Kier alpha value is -1.95. The second-order valence-corrected chi connectivity index (χ2v) is 8.82. The maximum absolute atomic E-state index is 13.0. The maximum Gasteiger partial charge on any atom is 0.334 e. The maximum atomic E-state index is 13.0. The molecule has 0 amide bonds. The number of hydrogen-bond donors (Lipinski definition) is 0. The predicted octanol–water partition coefficient (Wildman–Crippen LogP) is 3.29. The van der Waals surface area contributed by atoms with Gasteiger partial charge in [-0.3, -0.25) is 9.59 Å². The van der Waals surface area contributed by atoms with Gasteiger partial charge in [-0.2, -0.15) is 0 Å². The molecule has 0 aromatic carbocycles. The van der Waals surface area contributed by atoms with Crippen LogP contribution in [0.3, 0.4) is 0 Å². The highest BCUT2D eigenvalue weighted by molar-refractivity contribution is 5.98. The van der Waals surface area contributed by atoms with Crippen molar-refractivity contribution < 1.29 is 28.6 Å². The molecule has 2 aliphatic heterocycles. The van der Waals surface area contributed by atoms with Crippen molar-refractivity contribution in [3.8, 4) is 0 Å². The SMILES string of the molecule is C=C1C(=O)O[C@H]2C(=O)C(C)CCC[C@](C)(OC(C)=O)/C=C/C[C@@]3(C)O[C@@H]3C[C@@H]12. The van der Waals surface area contributed by atoms with Gasteiger partial charge in [0.25, 0.3) is 0 Å². The Balaban J connectivity index is 1.83. The zero-order valence-corrected chi connectivity index (χ0v) is 17.2. The molecule has 1 aliphatic carbocycles. The van der Waals surface area contributed by atoms with Crippen molar-refractivity contribution in [1.82, 2.24) is 0 Å². The molecule has 154 valence electrons. The molecule has 28 heavy (non-hydrogen) atoms. The summed E-state index contributed by atoms with van der Waals surface area (Å²) in [5.41, 5.74) is -0.701. The fraction of sp³-hybridized carbons (Fsp3) is 0.682. The molecule has 2 heterocycles. The Morgan fingerprint density at radius 3 is 2.71 bits per heavy atom. The summed E-state index contributed by atoms with van der Waals surface area (Å²) in [6, 6.07) is 0. The van der Waals surface area contributed by atoms with E-state index in [1.165, 1.54) is 6.92 Å². The molecule has 0 bridgehead atoms. The summed E-state index contributed by atoms with van der Waals surface area (Å²) in [4.78, 5) is 36.6. The van der Waals surface area contributed by atoms with E-state index in [1.54, 1.807) is 0 Å². The lowest BCUT2D eigenvalue weighted by Gasteiger charge is -2.27. The lowest BCUT2D eigenvalue weighted by molar-refractivity contribution is -0.151. The number of fused-ring (bicyclic) bond motifs is 2. The Morgan fingerprint density at radius 1 is 1.32 bits per heavy atom. The van der Waals surface area contributed by atoms with E-state index in [0.29, 0.717) is 37.7 Å². The van der Waals surface area contributed by atoms with E-state index >= 15 is 0 Å². The number of ketones is 1. The lowest BCUT2D eigenvalue weighted by atomic mass is 9.82. The smallest absolute Gasteiger partial charge is 0.334 e. The van der Waals surface area contributed by atoms with E-state index in [0.717, 1.165) is 0 Å². The molecule has 0 aromatic heterocycles. The average Bonchev–Trinajstić information content (AvgIpc) is 3.14. The van der Waals surface area contributed by atoms with E-state index in [1.807, 2.05) is 32.9 Å². The topological polar surface area (TPSA) is 82.2 Å². The van der Waals surface area contributed by atoms with Gasteiger partial charge in [0.2, 0.25) is 0 Å². The van der Waals surface area contributed by atoms with Crippen LogP contribution in [0.5, 0.6) is 0 Å². The second-order valence-electron chi connectivity index (χ2n) is 8.82. The summed E-state index contributed by atoms with van der Waals surface area (Å²) in [5, 5.41) is 0. The van der Waals surface area contributed by atoms with Crippen molar-refractivity contribution in [2.24, 2.45) is 11.8 Å². The number of hydrogen-bond acceptors (Lipinski definition) is 6. The number of carbonyl (C=O) groups excluding carboxylic acids is 3. The third-order valence-electron chi connectivity index (χ3n) is 6.26. The molecule has 2 fully saturated rings. The number of Topliss-reactive ketones (excluding diaryl/α,β-unsaturated/α-hetero) is 1. The molecular formula is C22H30O6. The molecular weight excluding hydrogens is 360 g/mol. The van der Waals surface area contributed by atoms with E-state index in [2.05, 4.69) is 6.58 Å². The number of esters is 2. The highest BCUT2D eigenvalue weighted by Crippen LogP contribution is 2.47. The lowest BCUT2D eigenvalue weighted by Crippen LogP contribution is -2.34. The van der Waals surface area contributed by atoms with Crippen LogP contribution in [-0.4, -0.2) is 41.1 Å². The van der Waals surface area contributed by atoms with E-state index in [9.17, 15) is 14.4 Å². The normalized spacial score (nSPS) is 42.6. The van der Waals surface area contributed by atoms with Gasteiger partial charge < -0.3 is 14.2 Å². The first kappa shape index (κ1) is 20.8. The second kappa shape index (κ2) is 7.47. The molecule has 3 rings (SSSR count). The van der Waals surface area contributed by atoms with Crippen molar-refractivity contribution in [3.63, 3.8) is 0 Å². The van der Waals surface area contributed by atoms with Gasteiger partial charge in [0, 0.05) is 24.3 Å². The van der Waals surface area contributed by atoms with Gasteiger partial charge in [-0.1, -0.05) is 19.6 Å². The number of ether oxygens (including phenoxy) is 3. The Bertz CT molecular complexity index is 725. The van der Waals surface area contributed by atoms with Crippen LogP contribution in [0.4, 0.5) is 0 Å². The average molecular weight is 390 g/mol. The molecule has 0 N–H and O–H groups in total. The van der Waals surface area contributed by atoms with Crippen LogP contribution >= 0.6 is 0 Å². The third-order valence-corrected chi connectivity index (χ3v) is 6.26. The third kappa shape index (κ3) is 4.22. The van der Waals surface area contributed by atoms with Crippen LogP contribution in [0.25, 0.3) is 0 Å². The summed E-state index contributed by atoms with van der Waals surface area (Å²) in [7, 11) is 0. The highest BCUT2D eigenvalue weighted by Gasteiger charge is 2.55. The van der Waals surface area contributed by atoms with Crippen LogP contribution in [0.1, 0.15) is 59.8 Å². The van der Waals surface area contributed by atoms with Crippen LogP contribution in [0.2, 0.25) is 0 Å². The molecule has 3 aliphatic rings. The number of carbonyl (C=O) groups is 3. The standard InChI is InChI=1S/C22H30O6/c1-13-8-6-9-21(4,27-15(3)23)10-7-11-22(5)17(28-22)12-16-14(2)20(25)26-19(16)18(13)24/h7,10,13,16-17,19H,2,6,8-9,11-12H2,1,3-5H3/b10-7+/t13?,16-,17+,19+,21-,22+/m0/s1. The van der Waals surface area contributed by atoms with E-state index < -0.39 is 17.7 Å². The van der Waals surface area contributed by atoms with Crippen LogP contribution < -0.4 is 0 Å². The summed E-state index contributed by atoms with van der Waals surface area (Å²) in [5.74, 6) is -1.47. The van der Waals surface area contributed by atoms with Crippen LogP contribution in [-0.2, 0) is 28.6 Å². The van der Waals surface area contributed by atoms with Gasteiger partial charge in [-0.05, 0) is 52.0 Å². The first-order valence-corrected chi connectivity index (χ1v) is 10.0. The number of rotatable bonds is 1. The van der Waals surface area contributed by atoms with E-state index in [-0.39, 0.29) is 35.3 Å². The predicted molar refractivity (Wildman–Crippen MR) is 102 cm³/mol. The van der Waals surface area contributed by atoms with E-state index in [4.69, 9.17) is 14.2 Å². The van der Waals surface area contributed by atoms with Gasteiger partial charge in [-0.25, -0.2) is 4.79 Å². The molecule has 6 atom stereocenters. The van der Waals surface area contributed by atoms with Crippen molar-refractivity contribution in [1.29, 1.82) is 0 Å². The van der Waals surface area contributed by atoms with Crippen molar-refractivity contribution in [3.05, 3.63) is 24.3 Å². The summed E-state index contributed by atoms with van der Waals surface area (Å²) >= 11 is 0. The van der Waals surface area contributed by atoms with Gasteiger partial charge >= 0.3 is 11.9 Å². The van der Waals surface area contributed by atoms with Gasteiger partial charge in [0.15, 0.2) is 11.9 Å². The summed E-state index contributed by atoms with van der Waals surface area (Å²) in [6.07, 6.45) is 6.26. The fourth-order valence-electron chi connectivity index (χ4n) is 4.35. The van der Waals surface area contributed by atoms with Crippen LogP contribution in [0, 0.1) is 11.8 Å². The molecule has 6 nitrogen and oxygen atoms in total. The minimum Gasteiger partial charge on any atom is -0.455 e. The molecule has 0 aromatic rings. The minimum atomic E-state index is -0.776.